The van der Waals surface area contributed by atoms with E-state index in [0.29, 0.717) is 69.5 Å². The molecule has 4 aromatic carbocycles. The van der Waals surface area contributed by atoms with Gasteiger partial charge in [-0.15, -0.1) is 0 Å². The van der Waals surface area contributed by atoms with Gasteiger partial charge in [-0.2, -0.15) is 0 Å². The van der Waals surface area contributed by atoms with Crippen molar-refractivity contribution in [1.29, 1.82) is 0 Å². The number of aromatic nitrogens is 6. The predicted octanol–water partition coefficient (Wildman–Crippen LogP) is 7.73. The zero-order chi connectivity index (χ0) is 50.8. The summed E-state index contributed by atoms with van der Waals surface area (Å²) in [6.07, 6.45) is 9.22. The lowest BCUT2D eigenvalue weighted by molar-refractivity contribution is 0.413. The lowest BCUT2D eigenvalue weighted by atomic mass is 10.1. The molecule has 6 heterocycles. The van der Waals surface area contributed by atoms with Gasteiger partial charge in [0.05, 0.1) is 57.8 Å². The Kier molecular flexibility index (Phi) is 15.5. The molecule has 1 N–H and O–H groups in total. The SMILES string of the molecule is COc1ccc(-c2ccncc2)cc1-n1c(=O)ccc2cc(S(=O)(=O)Cc3ccon3)ccc21.COc1ccc(Br)cc1-n1c(=O)ccc2cc(S(=O)(=O)Cc3ccon3)ccc21.O[B]Oc1ccncc1. The molecule has 0 fully saturated rings. The highest BCUT2D eigenvalue weighted by atomic mass is 79.9. The average molecular weight is 1070 g/mol. The van der Waals surface area contributed by atoms with Crippen molar-refractivity contribution in [2.75, 3.05) is 14.2 Å². The van der Waals surface area contributed by atoms with Crippen LogP contribution >= 0.6 is 15.9 Å². The summed E-state index contributed by atoms with van der Waals surface area (Å²) in [5.41, 5.74) is 4.16. The van der Waals surface area contributed by atoms with Crippen molar-refractivity contribution in [3.05, 3.63) is 207 Å². The molecule has 0 aliphatic rings. The first-order valence-corrected chi connectivity index (χ1v) is 25.4. The summed E-state index contributed by atoms with van der Waals surface area (Å²) in [6, 6.07) is 36.3. The van der Waals surface area contributed by atoms with Gasteiger partial charge >= 0.3 is 7.69 Å². The normalized spacial score (nSPS) is 11.2. The molecule has 0 amide bonds. The highest BCUT2D eigenvalue weighted by Crippen LogP contribution is 2.32. The standard InChI is InChI=1S/C25H19N3O5S.C20H15BrN2O5S.C5H5BNO2/c1-32-24-6-2-18(17-8-11-26-12-9-17)15-23(24)28-22-5-4-21(14-19(22)3-7-25(28)29)34(30,31)16-20-10-13-33-27-20;1-27-19-6-3-14(21)11-18(19)23-17-5-4-16(10-13(17)2-7-20(23)24)29(25,26)12-15-8-9-28-22-15;8-6-9-5-1-3-7-4-2-5/h2-15H,16H2,1H3;2-11H,12H2,1H3;1-4,8H. The number of halogens is 1. The van der Waals surface area contributed by atoms with Crippen LogP contribution < -0.4 is 25.2 Å². The smallest absolute Gasteiger partial charge is 0.537 e. The number of sulfone groups is 2. The fraction of sp³-hybridized carbons (Fsp3) is 0.0800. The topological polar surface area (TPSA) is 238 Å². The van der Waals surface area contributed by atoms with Gasteiger partial charge in [0.2, 0.25) is 0 Å². The van der Waals surface area contributed by atoms with Gasteiger partial charge in [-0.1, -0.05) is 32.3 Å². The summed E-state index contributed by atoms with van der Waals surface area (Å²) >= 11 is 3.41. The maximum atomic E-state index is 13.0. The van der Waals surface area contributed by atoms with Crippen LogP contribution in [0.25, 0.3) is 44.3 Å². The minimum absolute atomic E-state index is 0.130. The molecule has 363 valence electrons. The van der Waals surface area contributed by atoms with E-state index in [1.165, 1.54) is 72.3 Å². The number of fused-ring (bicyclic) bond motifs is 2. The molecule has 0 aliphatic carbocycles. The monoisotopic (exact) mass is 1070 g/mol. The van der Waals surface area contributed by atoms with Gasteiger partial charge in [0.15, 0.2) is 19.7 Å². The highest BCUT2D eigenvalue weighted by molar-refractivity contribution is 9.10. The summed E-state index contributed by atoms with van der Waals surface area (Å²) < 4.78 is 80.0. The number of hydrogen-bond donors (Lipinski definition) is 1. The minimum Gasteiger partial charge on any atom is -0.537 e. The minimum atomic E-state index is -3.66. The van der Waals surface area contributed by atoms with Crippen LogP contribution in [0.5, 0.6) is 17.2 Å². The van der Waals surface area contributed by atoms with Crippen molar-refractivity contribution in [3.8, 4) is 39.8 Å². The second kappa shape index (κ2) is 22.3. The van der Waals surface area contributed by atoms with E-state index in [0.717, 1.165) is 15.6 Å². The van der Waals surface area contributed by atoms with Gasteiger partial charge in [-0.05, 0) is 114 Å². The van der Waals surface area contributed by atoms with Gasteiger partial charge in [-0.3, -0.25) is 28.7 Å². The van der Waals surface area contributed by atoms with Crippen molar-refractivity contribution in [1.82, 2.24) is 29.4 Å². The van der Waals surface area contributed by atoms with E-state index < -0.39 is 19.7 Å². The van der Waals surface area contributed by atoms with E-state index in [-0.39, 0.29) is 32.4 Å². The van der Waals surface area contributed by atoms with Gasteiger partial charge in [-0.25, -0.2) is 16.8 Å². The molecular weight excluding hydrogens is 1030 g/mol. The van der Waals surface area contributed by atoms with Crippen LogP contribution in [0, 0.1) is 0 Å². The molecule has 72 heavy (non-hydrogen) atoms. The van der Waals surface area contributed by atoms with Gasteiger partial charge in [0, 0.05) is 64.3 Å². The largest absolute Gasteiger partial charge is 0.569 e. The first-order valence-electron chi connectivity index (χ1n) is 21.3. The van der Waals surface area contributed by atoms with Crippen molar-refractivity contribution >= 4 is 65.1 Å². The Morgan fingerprint density at radius 1 is 0.569 bits per heavy atom. The molecule has 6 aromatic heterocycles. The van der Waals surface area contributed by atoms with Crippen LogP contribution in [0.2, 0.25) is 0 Å². The maximum absolute atomic E-state index is 13.0. The zero-order valence-corrected chi connectivity index (χ0v) is 41.2. The number of pyridine rings is 4. The quantitative estimate of drug-likeness (QED) is 0.109. The first kappa shape index (κ1) is 50.2. The Labute approximate surface area is 420 Å². The molecular formula is C50H39BBrN6O12S2. The summed E-state index contributed by atoms with van der Waals surface area (Å²) in [4.78, 5) is 33.7. The van der Waals surface area contributed by atoms with Crippen molar-refractivity contribution in [2.45, 2.75) is 21.3 Å². The van der Waals surface area contributed by atoms with Gasteiger partial charge in [0.25, 0.3) is 11.1 Å². The fourth-order valence-electron chi connectivity index (χ4n) is 7.42. The Balaban J connectivity index is 0.000000166. The third kappa shape index (κ3) is 11.5. The van der Waals surface area contributed by atoms with E-state index in [2.05, 4.69) is 40.9 Å². The number of ether oxygens (including phenoxy) is 2. The van der Waals surface area contributed by atoms with Gasteiger partial charge < -0.3 is 28.2 Å². The Hall–Kier alpha value is -8.18. The molecule has 0 spiro atoms. The lowest BCUT2D eigenvalue weighted by Gasteiger charge is -2.16. The second-order valence-corrected chi connectivity index (χ2v) is 20.2. The number of methoxy groups -OCH3 is 2. The number of benzene rings is 4. The van der Waals surface area contributed by atoms with E-state index in [9.17, 15) is 26.4 Å². The predicted molar refractivity (Wildman–Crippen MR) is 271 cm³/mol. The molecule has 0 saturated carbocycles. The molecule has 10 aromatic rings. The van der Waals surface area contributed by atoms with Crippen molar-refractivity contribution in [3.63, 3.8) is 0 Å². The van der Waals surface area contributed by atoms with Gasteiger partial charge in [0.1, 0.15) is 41.3 Å². The summed E-state index contributed by atoms with van der Waals surface area (Å²) in [5.74, 6) is 1.05. The molecule has 0 atom stereocenters. The fourth-order valence-corrected chi connectivity index (χ4v) is 10.3. The third-order valence-corrected chi connectivity index (χ3v) is 14.6. The van der Waals surface area contributed by atoms with E-state index in [1.54, 1.807) is 91.5 Å². The van der Waals surface area contributed by atoms with E-state index in [4.69, 9.17) is 23.5 Å². The first-order chi connectivity index (χ1) is 34.8. The van der Waals surface area contributed by atoms with E-state index in [1.807, 2.05) is 30.3 Å². The molecule has 0 aliphatic heterocycles. The summed E-state index contributed by atoms with van der Waals surface area (Å²) in [7, 11) is -3.59. The van der Waals surface area contributed by atoms with Crippen molar-refractivity contribution in [2.24, 2.45) is 0 Å². The molecule has 10 rings (SSSR count). The molecule has 0 bridgehead atoms. The van der Waals surface area contributed by atoms with E-state index >= 15 is 0 Å². The second-order valence-electron chi connectivity index (χ2n) is 15.3. The Morgan fingerprint density at radius 2 is 1.06 bits per heavy atom. The maximum Gasteiger partial charge on any atom is 0.569 e. The van der Waals surface area contributed by atoms with Crippen LogP contribution in [0.15, 0.2) is 204 Å². The van der Waals surface area contributed by atoms with Crippen LogP contribution in [0.4, 0.5) is 0 Å². The highest BCUT2D eigenvalue weighted by Gasteiger charge is 2.21. The molecule has 0 saturated heterocycles. The lowest BCUT2D eigenvalue weighted by Crippen LogP contribution is -2.18. The van der Waals surface area contributed by atoms with Crippen LogP contribution in [-0.4, -0.2) is 73.2 Å². The van der Waals surface area contributed by atoms with Crippen molar-refractivity contribution < 1.29 is 45.0 Å². The molecule has 18 nitrogen and oxygen atoms in total. The third-order valence-electron chi connectivity index (χ3n) is 10.8. The molecule has 1 radical (unpaired) electrons. The Bertz CT molecular complexity index is 3850. The number of nitrogens with zero attached hydrogens (tertiary/aromatic N) is 6. The molecule has 22 heteroatoms. The van der Waals surface area contributed by atoms with Crippen LogP contribution in [0.1, 0.15) is 11.4 Å². The molecule has 0 unspecified atom stereocenters. The van der Waals surface area contributed by atoms with Crippen LogP contribution in [-0.2, 0) is 31.2 Å². The number of hydrogen-bond acceptors (Lipinski definition) is 16. The Morgan fingerprint density at radius 3 is 1.53 bits per heavy atom. The zero-order valence-electron chi connectivity index (χ0n) is 38.0. The average Bonchev–Trinajstić information content (AvgIpc) is 4.11. The number of rotatable bonds is 13. The summed E-state index contributed by atoms with van der Waals surface area (Å²) in [5, 5.41) is 16.7. The summed E-state index contributed by atoms with van der Waals surface area (Å²) in [6.45, 7) is 0. The van der Waals surface area contributed by atoms with Crippen LogP contribution in [0.3, 0.4) is 0 Å².